The fourth-order valence-electron chi connectivity index (χ4n) is 2.21. The normalized spacial score (nSPS) is 18.2. The van der Waals surface area contributed by atoms with E-state index in [4.69, 9.17) is 15.2 Å². The van der Waals surface area contributed by atoms with Crippen LogP contribution in [0.1, 0.15) is 19.3 Å². The minimum atomic E-state index is -0.926. The molecule has 0 bridgehead atoms. The van der Waals surface area contributed by atoms with Crippen molar-refractivity contribution in [3.63, 3.8) is 0 Å². The first kappa shape index (κ1) is 12.7. The lowest BCUT2D eigenvalue weighted by Gasteiger charge is -2.36. The number of ether oxygens (including phenoxy) is 2. The molecule has 1 fully saturated rings. The Hall–Kier alpha value is -2.35. The van der Waals surface area contributed by atoms with Gasteiger partial charge in [-0.1, -0.05) is 0 Å². The second-order valence-electron chi connectivity index (χ2n) is 4.94. The number of fused-ring (bicyclic) bond motifs is 1. The molecule has 2 aliphatic rings. The molecule has 0 unspecified atom stereocenters. The van der Waals surface area contributed by atoms with Crippen LogP contribution in [-0.4, -0.2) is 23.2 Å². The van der Waals surface area contributed by atoms with Crippen molar-refractivity contribution in [2.75, 3.05) is 12.1 Å². The number of nitro groups is 1. The van der Waals surface area contributed by atoms with Crippen LogP contribution in [0, 0.1) is 10.1 Å². The first-order valence-electron chi connectivity index (χ1n) is 6.18. The van der Waals surface area contributed by atoms with Crippen LogP contribution >= 0.6 is 0 Å². The molecule has 0 aromatic heterocycles. The van der Waals surface area contributed by atoms with E-state index in [2.05, 4.69) is 5.32 Å². The van der Waals surface area contributed by atoms with E-state index in [1.54, 1.807) is 0 Å². The Labute approximate surface area is 114 Å². The molecule has 0 spiro atoms. The number of benzene rings is 1. The van der Waals surface area contributed by atoms with Crippen molar-refractivity contribution in [3.05, 3.63) is 22.2 Å². The maximum atomic E-state index is 12.1. The van der Waals surface area contributed by atoms with E-state index in [-0.39, 0.29) is 18.2 Å². The zero-order valence-corrected chi connectivity index (χ0v) is 10.5. The number of amides is 1. The molecule has 1 aliphatic carbocycles. The van der Waals surface area contributed by atoms with Crippen molar-refractivity contribution in [2.45, 2.75) is 24.8 Å². The predicted octanol–water partition coefficient (Wildman–Crippen LogP) is 1.14. The van der Waals surface area contributed by atoms with E-state index in [9.17, 15) is 14.9 Å². The van der Waals surface area contributed by atoms with Gasteiger partial charge in [0.05, 0.1) is 16.5 Å². The number of hydrogen-bond acceptors (Lipinski definition) is 6. The number of nitro benzene ring substituents is 1. The number of nitrogens with one attached hydrogen (secondary N) is 1. The van der Waals surface area contributed by atoms with E-state index < -0.39 is 16.4 Å². The minimum absolute atomic E-state index is 0.00468. The van der Waals surface area contributed by atoms with Gasteiger partial charge < -0.3 is 20.5 Å². The fourth-order valence-corrected chi connectivity index (χ4v) is 2.21. The third kappa shape index (κ3) is 1.94. The summed E-state index contributed by atoms with van der Waals surface area (Å²) in [4.78, 5) is 22.5. The average Bonchev–Trinajstić information content (AvgIpc) is 2.81. The number of rotatable bonds is 3. The van der Waals surface area contributed by atoms with Gasteiger partial charge >= 0.3 is 0 Å². The summed E-state index contributed by atoms with van der Waals surface area (Å²) in [5.41, 5.74) is 4.79. The van der Waals surface area contributed by atoms with Crippen molar-refractivity contribution in [1.29, 1.82) is 0 Å². The Morgan fingerprint density at radius 2 is 2.00 bits per heavy atom. The summed E-state index contributed by atoms with van der Waals surface area (Å²) in [6.07, 6.45) is 2.04. The van der Waals surface area contributed by atoms with Crippen molar-refractivity contribution in [3.8, 4) is 11.5 Å². The van der Waals surface area contributed by atoms with Crippen molar-refractivity contribution >= 4 is 17.3 Å². The third-order valence-electron chi connectivity index (χ3n) is 3.63. The zero-order chi connectivity index (χ0) is 14.3. The van der Waals surface area contributed by atoms with E-state index in [1.165, 1.54) is 12.1 Å². The average molecular weight is 279 g/mol. The molecule has 1 heterocycles. The Morgan fingerprint density at radius 3 is 2.55 bits per heavy atom. The maximum absolute atomic E-state index is 12.1. The van der Waals surface area contributed by atoms with Gasteiger partial charge in [-0.05, 0) is 19.3 Å². The van der Waals surface area contributed by atoms with E-state index >= 15 is 0 Å². The van der Waals surface area contributed by atoms with Crippen LogP contribution in [0.5, 0.6) is 11.5 Å². The van der Waals surface area contributed by atoms with Crippen LogP contribution < -0.4 is 20.5 Å². The van der Waals surface area contributed by atoms with Crippen LogP contribution in [0.4, 0.5) is 11.4 Å². The fraction of sp³-hybridized carbons (Fsp3) is 0.417. The standard InChI is InChI=1S/C12H13N3O5/c13-12(2-1-3-12)11(16)14-7-4-9-10(20-6-19-9)5-8(7)15(17)18/h4-5H,1-3,6,13H2,(H,14,16). The van der Waals surface area contributed by atoms with Gasteiger partial charge in [0.25, 0.3) is 5.69 Å². The summed E-state index contributed by atoms with van der Waals surface area (Å²) in [6, 6.07) is 2.63. The van der Waals surface area contributed by atoms with Crippen molar-refractivity contribution in [1.82, 2.24) is 0 Å². The van der Waals surface area contributed by atoms with Gasteiger partial charge in [-0.15, -0.1) is 0 Å². The predicted molar refractivity (Wildman–Crippen MR) is 68.6 cm³/mol. The molecule has 1 saturated carbocycles. The van der Waals surface area contributed by atoms with Crippen LogP contribution in [0.2, 0.25) is 0 Å². The summed E-state index contributed by atoms with van der Waals surface area (Å²) in [5.74, 6) is 0.247. The molecule has 1 aromatic rings. The Kier molecular flexibility index (Phi) is 2.75. The van der Waals surface area contributed by atoms with Crippen LogP contribution in [0.15, 0.2) is 12.1 Å². The molecule has 0 saturated heterocycles. The van der Waals surface area contributed by atoms with Gasteiger partial charge in [-0.25, -0.2) is 0 Å². The molecule has 1 amide bonds. The summed E-state index contributed by atoms with van der Waals surface area (Å²) >= 11 is 0. The monoisotopic (exact) mass is 279 g/mol. The lowest BCUT2D eigenvalue weighted by molar-refractivity contribution is -0.384. The number of anilines is 1. The molecule has 0 atom stereocenters. The molecule has 1 aromatic carbocycles. The quantitative estimate of drug-likeness (QED) is 0.633. The lowest BCUT2D eigenvalue weighted by Crippen LogP contribution is -2.56. The summed E-state index contributed by atoms with van der Waals surface area (Å²) in [6.45, 7) is 0.00468. The molecule has 20 heavy (non-hydrogen) atoms. The number of carbonyl (C=O) groups excluding carboxylic acids is 1. The topological polar surface area (TPSA) is 117 Å². The first-order chi connectivity index (χ1) is 9.49. The Bertz CT molecular complexity index is 597. The number of hydrogen-bond donors (Lipinski definition) is 2. The smallest absolute Gasteiger partial charge is 0.296 e. The Morgan fingerprint density at radius 1 is 1.35 bits per heavy atom. The molecule has 106 valence electrons. The van der Waals surface area contributed by atoms with Crippen LogP contribution in [0.25, 0.3) is 0 Å². The highest BCUT2D eigenvalue weighted by molar-refractivity contribution is 6.00. The van der Waals surface area contributed by atoms with Gasteiger partial charge in [0.15, 0.2) is 11.5 Å². The molecule has 3 N–H and O–H groups in total. The maximum Gasteiger partial charge on any atom is 0.296 e. The van der Waals surface area contributed by atoms with Gasteiger partial charge in [0.1, 0.15) is 5.69 Å². The third-order valence-corrected chi connectivity index (χ3v) is 3.63. The van der Waals surface area contributed by atoms with E-state index in [1.807, 2.05) is 0 Å². The van der Waals surface area contributed by atoms with Crippen molar-refractivity contribution in [2.24, 2.45) is 5.73 Å². The van der Waals surface area contributed by atoms with Crippen molar-refractivity contribution < 1.29 is 19.2 Å². The SMILES string of the molecule is NC1(C(=O)Nc2cc3c(cc2[N+](=O)[O-])OCO3)CCC1. The number of carbonyl (C=O) groups is 1. The highest BCUT2D eigenvalue weighted by atomic mass is 16.7. The molecule has 8 nitrogen and oxygen atoms in total. The largest absolute Gasteiger partial charge is 0.454 e. The van der Waals surface area contributed by atoms with Crippen LogP contribution in [0.3, 0.4) is 0 Å². The highest BCUT2D eigenvalue weighted by Gasteiger charge is 2.41. The summed E-state index contributed by atoms with van der Waals surface area (Å²) in [7, 11) is 0. The summed E-state index contributed by atoms with van der Waals surface area (Å²) in [5, 5.41) is 13.6. The second kappa shape index (κ2) is 4.34. The molecule has 8 heteroatoms. The van der Waals surface area contributed by atoms with Crippen LogP contribution in [-0.2, 0) is 4.79 Å². The highest BCUT2D eigenvalue weighted by Crippen LogP contribution is 2.41. The number of nitrogens with two attached hydrogens (primary N) is 1. The van der Waals surface area contributed by atoms with E-state index in [0.29, 0.717) is 24.3 Å². The molecular weight excluding hydrogens is 266 g/mol. The van der Waals surface area contributed by atoms with Gasteiger partial charge in [-0.2, -0.15) is 0 Å². The summed E-state index contributed by atoms with van der Waals surface area (Å²) < 4.78 is 10.2. The minimum Gasteiger partial charge on any atom is -0.454 e. The molecular formula is C12H13N3O5. The van der Waals surface area contributed by atoms with Gasteiger partial charge in [-0.3, -0.25) is 14.9 Å². The first-order valence-corrected chi connectivity index (χ1v) is 6.18. The second-order valence-corrected chi connectivity index (χ2v) is 4.94. The molecule has 0 radical (unpaired) electrons. The lowest BCUT2D eigenvalue weighted by atomic mass is 9.77. The Balaban J connectivity index is 1.92. The van der Waals surface area contributed by atoms with Gasteiger partial charge in [0, 0.05) is 6.07 Å². The molecule has 1 aliphatic heterocycles. The van der Waals surface area contributed by atoms with E-state index in [0.717, 1.165) is 6.42 Å². The van der Waals surface area contributed by atoms with Gasteiger partial charge in [0.2, 0.25) is 12.7 Å². The number of nitrogens with zero attached hydrogens (tertiary/aromatic N) is 1. The zero-order valence-electron chi connectivity index (χ0n) is 10.5. The molecule has 3 rings (SSSR count).